The quantitative estimate of drug-likeness (QED) is 0.276. The average Bonchev–Trinajstić information content (AvgIpc) is 3.31. The zero-order valence-electron chi connectivity index (χ0n) is 21.3. The van der Waals surface area contributed by atoms with Crippen molar-refractivity contribution in [2.45, 2.75) is 38.1 Å². The lowest BCUT2D eigenvalue weighted by Gasteiger charge is -2.17. The van der Waals surface area contributed by atoms with Crippen molar-refractivity contribution in [3.8, 4) is 5.75 Å². The van der Waals surface area contributed by atoms with Gasteiger partial charge in [0, 0.05) is 31.3 Å². The molecule has 0 unspecified atom stereocenters. The van der Waals surface area contributed by atoms with Crippen molar-refractivity contribution >= 4 is 28.7 Å². The van der Waals surface area contributed by atoms with E-state index in [-0.39, 0.29) is 6.42 Å². The Morgan fingerprint density at radius 2 is 2.00 bits per heavy atom. The van der Waals surface area contributed by atoms with Crippen LogP contribution in [-0.4, -0.2) is 50.7 Å². The number of ether oxygens (including phenoxy) is 1. The molecule has 3 heterocycles. The third-order valence-electron chi connectivity index (χ3n) is 6.75. The molecule has 0 bridgehead atoms. The third kappa shape index (κ3) is 5.94. The molecule has 0 saturated heterocycles. The van der Waals surface area contributed by atoms with Crippen LogP contribution in [0.25, 0.3) is 11.0 Å². The summed E-state index contributed by atoms with van der Waals surface area (Å²) >= 11 is 0. The molecule has 2 aromatic carbocycles. The highest BCUT2D eigenvalue weighted by Gasteiger charge is 2.22. The number of pyridine rings is 1. The summed E-state index contributed by atoms with van der Waals surface area (Å²) in [5.41, 5.74) is 5.09. The fourth-order valence-electron chi connectivity index (χ4n) is 4.62. The lowest BCUT2D eigenvalue weighted by atomic mass is 10.0. The fraction of sp³-hybridized carbons (Fsp3) is 0.310. The predicted molar refractivity (Wildman–Crippen MR) is 145 cm³/mol. The smallest absolute Gasteiger partial charge is 0.326 e. The minimum atomic E-state index is -1.09. The normalized spacial score (nSPS) is 13.4. The van der Waals surface area contributed by atoms with Crippen LogP contribution in [0.15, 0.2) is 60.9 Å². The van der Waals surface area contributed by atoms with Gasteiger partial charge in [-0.1, -0.05) is 18.2 Å². The Hall–Kier alpha value is -4.40. The second-order valence-electron chi connectivity index (χ2n) is 9.56. The lowest BCUT2D eigenvalue weighted by molar-refractivity contribution is -0.139. The summed E-state index contributed by atoms with van der Waals surface area (Å²) in [6.45, 7) is 1.53. The van der Waals surface area contributed by atoms with Crippen LogP contribution in [0, 0.1) is 0 Å². The van der Waals surface area contributed by atoms with Gasteiger partial charge in [0.15, 0.2) is 0 Å². The molecule has 0 fully saturated rings. The molecular formula is C29H31N5O4. The van der Waals surface area contributed by atoms with E-state index >= 15 is 0 Å². The highest BCUT2D eigenvalue weighted by molar-refractivity contribution is 5.99. The lowest BCUT2D eigenvalue weighted by Crippen LogP contribution is -2.42. The van der Waals surface area contributed by atoms with Crippen molar-refractivity contribution in [1.29, 1.82) is 0 Å². The Bertz CT molecular complexity index is 1450. The Labute approximate surface area is 220 Å². The number of benzene rings is 2. The van der Waals surface area contributed by atoms with E-state index in [1.807, 2.05) is 35.9 Å². The van der Waals surface area contributed by atoms with Gasteiger partial charge in [-0.05, 0) is 73.2 Å². The molecule has 9 nitrogen and oxygen atoms in total. The Balaban J connectivity index is 1.12. The highest BCUT2D eigenvalue weighted by Crippen LogP contribution is 2.21. The number of imidazole rings is 1. The van der Waals surface area contributed by atoms with Crippen LogP contribution >= 0.6 is 0 Å². The highest BCUT2D eigenvalue weighted by atomic mass is 16.5. The van der Waals surface area contributed by atoms with Crippen molar-refractivity contribution in [3.63, 3.8) is 0 Å². The van der Waals surface area contributed by atoms with Gasteiger partial charge >= 0.3 is 5.97 Å². The fourth-order valence-corrected chi connectivity index (χ4v) is 4.62. The minimum Gasteiger partial charge on any atom is -0.494 e. The van der Waals surface area contributed by atoms with Crippen molar-refractivity contribution in [2.75, 3.05) is 18.5 Å². The number of aryl methyl sites for hydroxylation is 3. The number of carboxylic acids is 1. The number of nitrogens with one attached hydrogen (secondary N) is 2. The number of aromatic nitrogens is 3. The zero-order chi connectivity index (χ0) is 26.5. The van der Waals surface area contributed by atoms with Crippen molar-refractivity contribution in [3.05, 3.63) is 83.3 Å². The monoisotopic (exact) mass is 513 g/mol. The molecule has 1 amide bonds. The van der Waals surface area contributed by atoms with Gasteiger partial charge in [-0.2, -0.15) is 0 Å². The van der Waals surface area contributed by atoms with Gasteiger partial charge in [0.2, 0.25) is 0 Å². The second kappa shape index (κ2) is 11.3. The average molecular weight is 514 g/mol. The van der Waals surface area contributed by atoms with Crippen molar-refractivity contribution < 1.29 is 19.4 Å². The molecule has 0 saturated carbocycles. The third-order valence-corrected chi connectivity index (χ3v) is 6.75. The SMILES string of the molecule is Cn1cnc2ccc(C(=O)N[C@H](Cc3ccc(OCCCc4ccc5c(n4)NCCC5)cc3)C(=O)O)cc21. The predicted octanol–water partition coefficient (Wildman–Crippen LogP) is 3.76. The largest absolute Gasteiger partial charge is 0.494 e. The number of amides is 1. The second-order valence-corrected chi connectivity index (χ2v) is 9.56. The van der Waals surface area contributed by atoms with Crippen molar-refractivity contribution in [1.82, 2.24) is 19.9 Å². The van der Waals surface area contributed by atoms with Gasteiger partial charge in [-0.3, -0.25) is 4.79 Å². The Morgan fingerprint density at radius 1 is 1.16 bits per heavy atom. The number of fused-ring (bicyclic) bond motifs is 2. The number of hydrogen-bond acceptors (Lipinski definition) is 6. The van der Waals surface area contributed by atoms with Crippen molar-refractivity contribution in [2.24, 2.45) is 7.05 Å². The van der Waals surface area contributed by atoms with Crippen LogP contribution in [0.1, 0.15) is 40.0 Å². The first-order valence-corrected chi connectivity index (χ1v) is 12.9. The molecule has 1 atom stereocenters. The van der Waals surface area contributed by atoms with Crippen LogP contribution in [0.5, 0.6) is 5.75 Å². The molecule has 2 aromatic heterocycles. The molecule has 196 valence electrons. The molecule has 9 heteroatoms. The molecule has 0 aliphatic carbocycles. The number of carboxylic acid groups (broad SMARTS) is 1. The first-order valence-electron chi connectivity index (χ1n) is 12.9. The summed E-state index contributed by atoms with van der Waals surface area (Å²) in [7, 11) is 1.84. The van der Waals surface area contributed by atoms with Crippen LogP contribution in [0.3, 0.4) is 0 Å². The maximum atomic E-state index is 12.8. The summed E-state index contributed by atoms with van der Waals surface area (Å²) in [4.78, 5) is 33.6. The van der Waals surface area contributed by atoms with Gasteiger partial charge in [-0.15, -0.1) is 0 Å². The number of carbonyl (C=O) groups is 2. The van der Waals surface area contributed by atoms with E-state index in [1.165, 1.54) is 5.56 Å². The number of carbonyl (C=O) groups excluding carboxylic acids is 1. The number of aliphatic carboxylic acids is 1. The summed E-state index contributed by atoms with van der Waals surface area (Å²) in [5.74, 6) is 0.195. The summed E-state index contributed by atoms with van der Waals surface area (Å²) in [6.07, 6.45) is 5.73. The molecular weight excluding hydrogens is 482 g/mol. The molecule has 4 aromatic rings. The van der Waals surface area contributed by atoms with E-state index in [9.17, 15) is 14.7 Å². The first kappa shape index (κ1) is 25.3. The molecule has 1 aliphatic rings. The van der Waals surface area contributed by atoms with E-state index < -0.39 is 17.9 Å². The Morgan fingerprint density at radius 3 is 2.82 bits per heavy atom. The maximum Gasteiger partial charge on any atom is 0.326 e. The number of hydrogen-bond donors (Lipinski definition) is 3. The topological polar surface area (TPSA) is 118 Å². The van der Waals surface area contributed by atoms with Crippen LogP contribution in [0.2, 0.25) is 0 Å². The van der Waals surface area contributed by atoms with Crippen LogP contribution in [-0.2, 0) is 31.1 Å². The van der Waals surface area contributed by atoms with Gasteiger partial charge in [0.1, 0.15) is 17.6 Å². The van der Waals surface area contributed by atoms with E-state index in [4.69, 9.17) is 9.72 Å². The van der Waals surface area contributed by atoms with E-state index in [0.717, 1.165) is 60.3 Å². The molecule has 1 aliphatic heterocycles. The molecule has 5 rings (SSSR count). The first-order chi connectivity index (χ1) is 18.5. The van der Waals surface area contributed by atoms with E-state index in [2.05, 4.69) is 27.8 Å². The van der Waals surface area contributed by atoms with Gasteiger partial charge in [0.05, 0.1) is 24.0 Å². The van der Waals surface area contributed by atoms with Crippen LogP contribution < -0.4 is 15.4 Å². The standard InChI is InChI=1S/C29H31N5O4/c1-34-18-31-24-13-9-21(17-26(24)34)28(35)33-25(29(36)37)16-19-6-11-23(12-7-19)38-15-3-5-22-10-8-20-4-2-14-30-27(20)32-22/h6-13,17-18,25H,2-5,14-16H2,1H3,(H,30,32)(H,33,35)(H,36,37)/t25-/m1/s1. The summed E-state index contributed by atoms with van der Waals surface area (Å²) in [5, 5.41) is 15.7. The Kier molecular flexibility index (Phi) is 7.53. The summed E-state index contributed by atoms with van der Waals surface area (Å²) < 4.78 is 7.68. The van der Waals surface area contributed by atoms with Gasteiger partial charge < -0.3 is 25.0 Å². The summed E-state index contributed by atoms with van der Waals surface area (Å²) in [6, 6.07) is 15.6. The van der Waals surface area contributed by atoms with Crippen LogP contribution in [0.4, 0.5) is 5.82 Å². The maximum absolute atomic E-state index is 12.8. The molecule has 38 heavy (non-hydrogen) atoms. The number of rotatable bonds is 10. The molecule has 3 N–H and O–H groups in total. The number of anilines is 1. The minimum absolute atomic E-state index is 0.160. The van der Waals surface area contributed by atoms with Gasteiger partial charge in [0.25, 0.3) is 5.91 Å². The van der Waals surface area contributed by atoms with E-state index in [1.54, 1.807) is 24.5 Å². The molecule has 0 radical (unpaired) electrons. The molecule has 0 spiro atoms. The zero-order valence-corrected chi connectivity index (χ0v) is 21.3. The van der Waals surface area contributed by atoms with Gasteiger partial charge in [-0.25, -0.2) is 14.8 Å². The number of nitrogens with zero attached hydrogens (tertiary/aromatic N) is 3. The van der Waals surface area contributed by atoms with E-state index in [0.29, 0.717) is 17.9 Å².